The predicted molar refractivity (Wildman–Crippen MR) is 103 cm³/mol. The molecule has 1 amide bonds. The quantitative estimate of drug-likeness (QED) is 0.806. The molecule has 5 nitrogen and oxygen atoms in total. The van der Waals surface area contributed by atoms with E-state index in [4.69, 9.17) is 11.6 Å². The second-order valence-corrected chi connectivity index (χ2v) is 8.35. The molecule has 1 aromatic rings. The van der Waals surface area contributed by atoms with E-state index >= 15 is 0 Å². The van der Waals surface area contributed by atoms with Crippen LogP contribution in [0.2, 0.25) is 5.02 Å². The van der Waals surface area contributed by atoms with E-state index in [1.54, 1.807) is 0 Å². The van der Waals surface area contributed by atoms with Crippen LogP contribution in [0.5, 0.6) is 0 Å². The highest BCUT2D eigenvalue weighted by Crippen LogP contribution is 2.45. The van der Waals surface area contributed by atoms with Crippen molar-refractivity contribution in [2.75, 3.05) is 26.2 Å². The van der Waals surface area contributed by atoms with E-state index in [0.717, 1.165) is 37.5 Å². The van der Waals surface area contributed by atoms with Crippen LogP contribution in [0, 0.1) is 23.7 Å². The Bertz CT molecular complexity index is 758. The molecule has 27 heavy (non-hydrogen) atoms. The van der Waals surface area contributed by atoms with E-state index < -0.39 is 17.8 Å². The molecule has 0 radical (unpaired) electrons. The van der Waals surface area contributed by atoms with E-state index in [0.29, 0.717) is 13.1 Å². The van der Waals surface area contributed by atoms with Crippen molar-refractivity contribution in [3.63, 3.8) is 0 Å². The first-order chi connectivity index (χ1) is 13.0. The highest BCUT2D eigenvalue weighted by Gasteiger charge is 2.49. The lowest BCUT2D eigenvalue weighted by atomic mass is 9.62. The monoisotopic (exact) mass is 388 g/mol. The molecule has 1 aliphatic heterocycles. The Labute approximate surface area is 164 Å². The average Bonchev–Trinajstić information content (AvgIpc) is 2.68. The minimum absolute atomic E-state index is 0.00516. The molecular formula is C21H25ClN2O3. The normalized spacial score (nSPS) is 30.5. The van der Waals surface area contributed by atoms with Crippen LogP contribution in [0.1, 0.15) is 18.4 Å². The molecule has 4 atom stereocenters. The molecule has 2 fully saturated rings. The molecule has 1 aromatic carbocycles. The van der Waals surface area contributed by atoms with Gasteiger partial charge in [0.05, 0.1) is 11.8 Å². The molecule has 0 spiro atoms. The van der Waals surface area contributed by atoms with Gasteiger partial charge in [-0.15, -0.1) is 0 Å². The van der Waals surface area contributed by atoms with E-state index in [9.17, 15) is 14.7 Å². The number of carbonyl (C=O) groups is 2. The zero-order valence-electron chi connectivity index (χ0n) is 15.3. The number of benzene rings is 1. The third-order valence-electron chi connectivity index (χ3n) is 6.30. The van der Waals surface area contributed by atoms with Crippen LogP contribution in [0.4, 0.5) is 0 Å². The maximum atomic E-state index is 13.2. The molecule has 6 heteroatoms. The minimum atomic E-state index is -0.827. The van der Waals surface area contributed by atoms with Crippen molar-refractivity contribution in [2.24, 2.45) is 23.7 Å². The number of hydrogen-bond donors (Lipinski definition) is 1. The molecule has 3 aliphatic carbocycles. The third-order valence-corrected chi connectivity index (χ3v) is 6.53. The van der Waals surface area contributed by atoms with Crippen LogP contribution in [0.3, 0.4) is 0 Å². The van der Waals surface area contributed by atoms with E-state index in [1.165, 1.54) is 5.56 Å². The molecule has 0 aromatic heterocycles. The highest BCUT2D eigenvalue weighted by molar-refractivity contribution is 6.30. The number of carbonyl (C=O) groups excluding carboxylic acids is 1. The smallest absolute Gasteiger partial charge is 0.307 e. The van der Waals surface area contributed by atoms with Crippen LogP contribution in [-0.4, -0.2) is 53.0 Å². The largest absolute Gasteiger partial charge is 0.481 e. The summed E-state index contributed by atoms with van der Waals surface area (Å²) in [7, 11) is 0. The summed E-state index contributed by atoms with van der Waals surface area (Å²) in [4.78, 5) is 29.2. The summed E-state index contributed by atoms with van der Waals surface area (Å²) in [6.45, 7) is 3.73. The number of carboxylic acids is 1. The number of fused-ring (bicyclic) bond motifs is 2. The molecule has 144 valence electrons. The summed E-state index contributed by atoms with van der Waals surface area (Å²) < 4.78 is 0. The maximum Gasteiger partial charge on any atom is 0.307 e. The van der Waals surface area contributed by atoms with Gasteiger partial charge in [0.2, 0.25) is 5.91 Å². The SMILES string of the molecule is O=C(O)[C@@H]1[C@H](C(=O)N2CCN(Cc3cccc(Cl)c3)CC2)[C@H]2C=C[C@H]1CC2. The van der Waals surface area contributed by atoms with Crippen LogP contribution in [0.25, 0.3) is 0 Å². The van der Waals surface area contributed by atoms with Crippen LogP contribution < -0.4 is 0 Å². The number of carboxylic acid groups (broad SMARTS) is 1. The van der Waals surface area contributed by atoms with Gasteiger partial charge in [-0.2, -0.15) is 0 Å². The number of hydrogen-bond acceptors (Lipinski definition) is 3. The molecule has 5 rings (SSSR count). The zero-order valence-corrected chi connectivity index (χ0v) is 16.0. The average molecular weight is 389 g/mol. The minimum Gasteiger partial charge on any atom is -0.481 e. The molecule has 1 saturated heterocycles. The topological polar surface area (TPSA) is 60.9 Å². The molecular weight excluding hydrogens is 364 g/mol. The standard InChI is InChI=1S/C21H25ClN2O3/c22-17-3-1-2-14(12-17)13-23-8-10-24(11-9-23)20(25)18-15-4-6-16(7-5-15)19(18)21(26)27/h1-4,6,12,15-16,18-19H,5,7-11,13H2,(H,26,27)/t15-,16-,18+,19-/m0/s1. The van der Waals surface area contributed by atoms with Gasteiger partial charge in [-0.05, 0) is 42.4 Å². The number of piperazine rings is 1. The lowest BCUT2D eigenvalue weighted by Gasteiger charge is -2.45. The summed E-state index contributed by atoms with van der Waals surface area (Å²) in [5.74, 6) is -1.68. The first-order valence-electron chi connectivity index (χ1n) is 9.69. The maximum absolute atomic E-state index is 13.2. The van der Waals surface area contributed by atoms with Crippen molar-refractivity contribution in [2.45, 2.75) is 19.4 Å². The Morgan fingerprint density at radius 1 is 1.04 bits per heavy atom. The number of rotatable bonds is 4. The summed E-state index contributed by atoms with van der Waals surface area (Å²) in [5, 5.41) is 10.4. The van der Waals surface area contributed by atoms with Crippen LogP contribution >= 0.6 is 11.6 Å². The van der Waals surface area contributed by atoms with Gasteiger partial charge < -0.3 is 10.0 Å². The predicted octanol–water partition coefficient (Wildman–Crippen LogP) is 2.90. The fraction of sp³-hybridized carbons (Fsp3) is 0.524. The van der Waals surface area contributed by atoms with Crippen LogP contribution in [0.15, 0.2) is 36.4 Å². The van der Waals surface area contributed by atoms with Gasteiger partial charge in [0.15, 0.2) is 0 Å². The Balaban J connectivity index is 1.38. The van der Waals surface area contributed by atoms with Crippen molar-refractivity contribution in [3.8, 4) is 0 Å². The summed E-state index contributed by atoms with van der Waals surface area (Å²) in [6.07, 6.45) is 5.90. The van der Waals surface area contributed by atoms with Crippen molar-refractivity contribution < 1.29 is 14.7 Å². The van der Waals surface area contributed by atoms with Gasteiger partial charge in [-0.3, -0.25) is 14.5 Å². The van der Waals surface area contributed by atoms with Crippen molar-refractivity contribution in [3.05, 3.63) is 47.0 Å². The van der Waals surface area contributed by atoms with Gasteiger partial charge in [0, 0.05) is 37.7 Å². The van der Waals surface area contributed by atoms with Crippen molar-refractivity contribution in [1.29, 1.82) is 0 Å². The van der Waals surface area contributed by atoms with Crippen LogP contribution in [-0.2, 0) is 16.1 Å². The van der Waals surface area contributed by atoms with Gasteiger partial charge >= 0.3 is 5.97 Å². The van der Waals surface area contributed by atoms with Crippen molar-refractivity contribution >= 4 is 23.5 Å². The Morgan fingerprint density at radius 3 is 2.30 bits per heavy atom. The van der Waals surface area contributed by atoms with Gasteiger partial charge in [-0.1, -0.05) is 35.9 Å². The summed E-state index contributed by atoms with van der Waals surface area (Å²) >= 11 is 6.06. The number of halogens is 1. The number of allylic oxidation sites excluding steroid dienone is 2. The molecule has 1 N–H and O–H groups in total. The van der Waals surface area contributed by atoms with E-state index in [2.05, 4.69) is 17.0 Å². The second-order valence-electron chi connectivity index (χ2n) is 7.91. The Morgan fingerprint density at radius 2 is 1.70 bits per heavy atom. The summed E-state index contributed by atoms with van der Waals surface area (Å²) in [5.41, 5.74) is 1.17. The number of amides is 1. The molecule has 0 unspecified atom stereocenters. The number of aliphatic carboxylic acids is 1. The van der Waals surface area contributed by atoms with Gasteiger partial charge in [0.1, 0.15) is 0 Å². The molecule has 1 heterocycles. The third kappa shape index (κ3) is 3.76. The van der Waals surface area contributed by atoms with Gasteiger partial charge in [-0.25, -0.2) is 0 Å². The lowest BCUT2D eigenvalue weighted by Crippen LogP contribution is -2.55. The fourth-order valence-corrected chi connectivity index (χ4v) is 5.11. The molecule has 2 bridgehead atoms. The van der Waals surface area contributed by atoms with E-state index in [1.807, 2.05) is 29.2 Å². The van der Waals surface area contributed by atoms with E-state index in [-0.39, 0.29) is 17.7 Å². The lowest BCUT2D eigenvalue weighted by molar-refractivity contribution is -0.157. The number of nitrogens with zero attached hydrogens (tertiary/aromatic N) is 2. The Hall–Kier alpha value is -1.85. The van der Waals surface area contributed by atoms with Crippen molar-refractivity contribution in [1.82, 2.24) is 9.80 Å². The first-order valence-corrected chi connectivity index (χ1v) is 10.1. The van der Waals surface area contributed by atoms with Gasteiger partial charge in [0.25, 0.3) is 0 Å². The molecule has 4 aliphatic rings. The second kappa shape index (κ2) is 7.64. The Kier molecular flexibility index (Phi) is 5.24. The summed E-state index contributed by atoms with van der Waals surface area (Å²) in [6, 6.07) is 7.86. The fourth-order valence-electron chi connectivity index (χ4n) is 4.90. The zero-order chi connectivity index (χ0) is 19.0. The first kappa shape index (κ1) is 18.5. The highest BCUT2D eigenvalue weighted by atomic mass is 35.5. The molecule has 1 saturated carbocycles.